The van der Waals surface area contributed by atoms with Gasteiger partial charge in [0, 0.05) is 11.8 Å². The zero-order valence-corrected chi connectivity index (χ0v) is 16.6. The first-order valence-corrected chi connectivity index (χ1v) is 9.94. The number of amides is 1. The molecule has 146 valence electrons. The number of nitrogens with one attached hydrogen (secondary N) is 1. The van der Waals surface area contributed by atoms with E-state index in [4.69, 9.17) is 9.73 Å². The molecule has 1 aromatic heterocycles. The second kappa shape index (κ2) is 6.92. The predicted octanol–water partition coefficient (Wildman–Crippen LogP) is 4.36. The summed E-state index contributed by atoms with van der Waals surface area (Å²) in [4.78, 5) is 17.6. The van der Waals surface area contributed by atoms with Crippen LogP contribution in [-0.2, 0) is 13.0 Å². The van der Waals surface area contributed by atoms with Crippen LogP contribution in [0.4, 0.5) is 5.82 Å². The molecule has 0 radical (unpaired) electrons. The van der Waals surface area contributed by atoms with Crippen LogP contribution in [0.5, 0.6) is 5.75 Å². The maximum absolute atomic E-state index is 12.9. The van der Waals surface area contributed by atoms with Crippen LogP contribution in [0.1, 0.15) is 45.1 Å². The number of benzene rings is 2. The Kier molecular flexibility index (Phi) is 4.23. The smallest absolute Gasteiger partial charge is 0.251 e. The number of nitrogens with zero attached hydrogens (tertiary/aromatic N) is 2. The third kappa shape index (κ3) is 3.12. The molecule has 1 aliphatic carbocycles. The number of carbonyl (C=O) groups is 1. The maximum Gasteiger partial charge on any atom is 0.251 e. The van der Waals surface area contributed by atoms with Crippen LogP contribution in [0, 0.1) is 6.92 Å². The van der Waals surface area contributed by atoms with Crippen molar-refractivity contribution in [2.24, 2.45) is 4.99 Å². The molecule has 1 aliphatic heterocycles. The molecule has 5 nitrogen and oxygen atoms in total. The number of carbonyl (C=O) groups excluding carboxylic acids is 1. The number of rotatable bonds is 4. The molecule has 0 unspecified atom stereocenters. The number of aromatic nitrogens is 1. The molecule has 2 aromatic carbocycles. The summed E-state index contributed by atoms with van der Waals surface area (Å²) in [7, 11) is 1.63. The minimum atomic E-state index is -0.0688. The van der Waals surface area contributed by atoms with E-state index >= 15 is 0 Å². The molecule has 1 atom stereocenters. The Labute approximate surface area is 170 Å². The minimum absolute atomic E-state index is 0.0191. The van der Waals surface area contributed by atoms with Crippen molar-refractivity contribution in [1.82, 2.24) is 9.88 Å². The molecule has 0 bridgehead atoms. The monoisotopic (exact) mass is 385 g/mol. The van der Waals surface area contributed by atoms with Crippen molar-refractivity contribution in [3.63, 3.8) is 0 Å². The van der Waals surface area contributed by atoms with E-state index in [1.165, 1.54) is 11.1 Å². The molecule has 0 saturated carbocycles. The number of fused-ring (bicyclic) bond motifs is 2. The Morgan fingerprint density at radius 2 is 2.10 bits per heavy atom. The minimum Gasteiger partial charge on any atom is -0.496 e. The highest BCUT2D eigenvalue weighted by molar-refractivity contribution is 6.03. The summed E-state index contributed by atoms with van der Waals surface area (Å²) >= 11 is 0. The molecule has 0 spiro atoms. The van der Waals surface area contributed by atoms with E-state index in [1.807, 2.05) is 31.2 Å². The van der Waals surface area contributed by atoms with Crippen LogP contribution in [0.2, 0.25) is 0 Å². The molecular weight excluding hydrogens is 362 g/mol. The second-order valence-corrected chi connectivity index (χ2v) is 7.72. The summed E-state index contributed by atoms with van der Waals surface area (Å²) in [5.74, 6) is 1.66. The zero-order valence-electron chi connectivity index (χ0n) is 16.6. The Morgan fingerprint density at radius 3 is 2.93 bits per heavy atom. The molecule has 1 amide bonds. The fourth-order valence-corrected chi connectivity index (χ4v) is 4.27. The molecule has 5 heteroatoms. The number of ether oxygens (including phenoxy) is 1. The average molecular weight is 385 g/mol. The fraction of sp³-hybridized carbons (Fsp3) is 0.250. The van der Waals surface area contributed by atoms with Gasteiger partial charge in [0.25, 0.3) is 5.91 Å². The first-order chi connectivity index (χ1) is 14.1. The molecule has 2 aliphatic rings. The highest BCUT2D eigenvalue weighted by Crippen LogP contribution is 2.33. The van der Waals surface area contributed by atoms with Crippen LogP contribution in [0.25, 0.3) is 0 Å². The van der Waals surface area contributed by atoms with Crippen LogP contribution in [0.3, 0.4) is 0 Å². The molecule has 0 fully saturated rings. The Hall–Kier alpha value is -3.34. The fourth-order valence-electron chi connectivity index (χ4n) is 4.27. The second-order valence-electron chi connectivity index (χ2n) is 7.72. The number of hydrogen-bond acceptors (Lipinski definition) is 3. The predicted molar refractivity (Wildman–Crippen MR) is 113 cm³/mol. The lowest BCUT2D eigenvalue weighted by atomic mass is 10.0. The summed E-state index contributed by atoms with van der Waals surface area (Å²) in [6.45, 7) is 2.76. The van der Waals surface area contributed by atoms with E-state index in [9.17, 15) is 4.79 Å². The van der Waals surface area contributed by atoms with Gasteiger partial charge in [0.2, 0.25) is 0 Å². The number of aliphatic imine (C=N–C) groups is 1. The van der Waals surface area contributed by atoms with Gasteiger partial charge in [0.05, 0.1) is 25.4 Å². The van der Waals surface area contributed by atoms with E-state index in [2.05, 4.69) is 34.3 Å². The molecule has 29 heavy (non-hydrogen) atoms. The van der Waals surface area contributed by atoms with Gasteiger partial charge in [-0.1, -0.05) is 18.2 Å². The van der Waals surface area contributed by atoms with Crippen molar-refractivity contribution in [3.8, 4) is 5.75 Å². The quantitative estimate of drug-likeness (QED) is 0.726. The first-order valence-electron chi connectivity index (χ1n) is 9.94. The lowest BCUT2D eigenvalue weighted by Gasteiger charge is -2.16. The topological polar surface area (TPSA) is 55.6 Å². The van der Waals surface area contributed by atoms with Gasteiger partial charge in [-0.2, -0.15) is 0 Å². The van der Waals surface area contributed by atoms with Gasteiger partial charge >= 0.3 is 0 Å². The highest BCUT2D eigenvalue weighted by atomic mass is 16.5. The maximum atomic E-state index is 12.9. The van der Waals surface area contributed by atoms with Crippen LogP contribution in [-0.4, -0.2) is 23.3 Å². The average Bonchev–Trinajstić information content (AvgIpc) is 3.43. The van der Waals surface area contributed by atoms with Crippen molar-refractivity contribution < 1.29 is 9.53 Å². The first kappa shape index (κ1) is 17.7. The third-order valence-electron chi connectivity index (χ3n) is 5.91. The molecule has 2 heterocycles. The van der Waals surface area contributed by atoms with Crippen molar-refractivity contribution in [1.29, 1.82) is 0 Å². The molecular formula is C24H23N3O2. The summed E-state index contributed by atoms with van der Waals surface area (Å²) < 4.78 is 7.51. The Morgan fingerprint density at radius 1 is 1.21 bits per heavy atom. The lowest BCUT2D eigenvalue weighted by molar-refractivity contribution is 0.0936. The van der Waals surface area contributed by atoms with Crippen LogP contribution in [0.15, 0.2) is 59.7 Å². The van der Waals surface area contributed by atoms with Crippen LogP contribution < -0.4 is 10.1 Å². The van der Waals surface area contributed by atoms with Gasteiger partial charge in [-0.15, -0.1) is 0 Å². The zero-order chi connectivity index (χ0) is 20.0. The highest BCUT2D eigenvalue weighted by Gasteiger charge is 2.26. The lowest BCUT2D eigenvalue weighted by Crippen LogP contribution is -2.27. The van der Waals surface area contributed by atoms with E-state index in [0.717, 1.165) is 47.8 Å². The summed E-state index contributed by atoms with van der Waals surface area (Å²) in [6.07, 6.45) is 3.95. The van der Waals surface area contributed by atoms with E-state index in [-0.39, 0.29) is 11.9 Å². The molecule has 5 rings (SSSR count). The van der Waals surface area contributed by atoms with Gasteiger partial charge in [-0.05, 0) is 72.4 Å². The van der Waals surface area contributed by atoms with E-state index < -0.39 is 0 Å². The van der Waals surface area contributed by atoms with Crippen molar-refractivity contribution in [2.45, 2.75) is 32.4 Å². The largest absolute Gasteiger partial charge is 0.496 e. The number of hydrogen-bond donors (Lipinski definition) is 1. The standard InChI is InChI=1S/C24H23N3O2/c1-15-5-6-18(13-22(15)29-2)24(28)26-20-10-9-16-7-8-17(12-19(16)20)21-14-27-11-3-4-23(27)25-21/h3-8,11-13,20H,9-10,14H2,1-2H3,(H,26,28)/t20-/m1/s1. The van der Waals surface area contributed by atoms with Crippen molar-refractivity contribution >= 4 is 17.4 Å². The molecule has 3 aromatic rings. The summed E-state index contributed by atoms with van der Waals surface area (Å²) in [5.41, 5.74) is 6.35. The summed E-state index contributed by atoms with van der Waals surface area (Å²) in [5, 5.41) is 3.21. The number of aryl methyl sites for hydroxylation is 2. The Bertz CT molecular complexity index is 1140. The Balaban J connectivity index is 1.38. The van der Waals surface area contributed by atoms with Crippen molar-refractivity contribution in [2.75, 3.05) is 7.11 Å². The van der Waals surface area contributed by atoms with Gasteiger partial charge in [-0.25, -0.2) is 4.99 Å². The normalized spacial score (nSPS) is 16.9. The van der Waals surface area contributed by atoms with Gasteiger partial charge in [-0.3, -0.25) is 4.79 Å². The van der Waals surface area contributed by atoms with E-state index in [0.29, 0.717) is 5.56 Å². The third-order valence-corrected chi connectivity index (χ3v) is 5.91. The van der Waals surface area contributed by atoms with E-state index in [1.54, 1.807) is 13.2 Å². The van der Waals surface area contributed by atoms with Gasteiger partial charge in [0.15, 0.2) is 0 Å². The number of methoxy groups -OCH3 is 1. The van der Waals surface area contributed by atoms with Crippen LogP contribution >= 0.6 is 0 Å². The van der Waals surface area contributed by atoms with Gasteiger partial charge < -0.3 is 14.6 Å². The SMILES string of the molecule is COc1cc(C(=O)N[C@@H]2CCc3ccc(C4=Nc5cccn5C4)cc32)ccc1C. The summed E-state index contributed by atoms with van der Waals surface area (Å²) in [6, 6.07) is 16.2. The van der Waals surface area contributed by atoms with Crippen molar-refractivity contribution in [3.05, 3.63) is 82.5 Å². The molecule has 0 saturated heterocycles. The van der Waals surface area contributed by atoms with Gasteiger partial charge in [0.1, 0.15) is 11.6 Å². The molecule has 1 N–H and O–H groups in total.